The van der Waals surface area contributed by atoms with Crippen LogP contribution in [0.3, 0.4) is 0 Å². The van der Waals surface area contributed by atoms with E-state index >= 15 is 0 Å². The molecule has 0 spiro atoms. The molecular weight excluding hydrogens is 375 g/mol. The molecule has 24 heavy (non-hydrogen) atoms. The summed E-state index contributed by atoms with van der Waals surface area (Å²) in [5.41, 5.74) is 0.896. The quantitative estimate of drug-likeness (QED) is 0.802. The Hall–Kier alpha value is -1.95. The van der Waals surface area contributed by atoms with Gasteiger partial charge in [0, 0.05) is 29.8 Å². The highest BCUT2D eigenvalue weighted by Crippen LogP contribution is 2.21. The first-order chi connectivity index (χ1) is 11.5. The van der Waals surface area contributed by atoms with Crippen molar-refractivity contribution in [2.75, 3.05) is 13.1 Å². The van der Waals surface area contributed by atoms with Crippen LogP contribution in [0.25, 0.3) is 0 Å². The highest BCUT2D eigenvalue weighted by Gasteiger charge is 2.26. The minimum absolute atomic E-state index is 0.0446. The van der Waals surface area contributed by atoms with Crippen LogP contribution in [-0.4, -0.2) is 28.5 Å². The standard InChI is InChI=1S/C18H18BrFN2O2/c19-15-3-6-17(23)22(11-15)12-18(24)21-8-7-14(10-21)9-13-1-4-16(20)5-2-13/h1-6,11,14H,7-10,12H2. The first-order valence-electron chi connectivity index (χ1n) is 7.89. The van der Waals surface area contributed by atoms with Gasteiger partial charge in [0.1, 0.15) is 12.4 Å². The fourth-order valence-corrected chi connectivity index (χ4v) is 3.43. The lowest BCUT2D eigenvalue weighted by Gasteiger charge is -2.17. The van der Waals surface area contributed by atoms with Gasteiger partial charge in [-0.3, -0.25) is 9.59 Å². The van der Waals surface area contributed by atoms with Crippen molar-refractivity contribution in [2.24, 2.45) is 5.92 Å². The number of hydrogen-bond donors (Lipinski definition) is 0. The molecule has 6 heteroatoms. The van der Waals surface area contributed by atoms with E-state index in [0.29, 0.717) is 19.0 Å². The number of nitrogens with zero attached hydrogens (tertiary/aromatic N) is 2. The van der Waals surface area contributed by atoms with E-state index in [4.69, 9.17) is 0 Å². The minimum Gasteiger partial charge on any atom is -0.341 e. The average molecular weight is 393 g/mol. The first kappa shape index (κ1) is 16.9. The first-order valence-corrected chi connectivity index (χ1v) is 8.69. The average Bonchev–Trinajstić information content (AvgIpc) is 3.02. The van der Waals surface area contributed by atoms with Gasteiger partial charge in [0.05, 0.1) is 0 Å². The molecule has 0 saturated carbocycles. The fourth-order valence-electron chi connectivity index (χ4n) is 3.05. The molecule has 1 aromatic carbocycles. The summed E-state index contributed by atoms with van der Waals surface area (Å²) in [6, 6.07) is 9.62. The summed E-state index contributed by atoms with van der Waals surface area (Å²) in [6.07, 6.45) is 3.39. The van der Waals surface area contributed by atoms with Crippen molar-refractivity contribution in [1.82, 2.24) is 9.47 Å². The Labute approximate surface area is 148 Å². The van der Waals surface area contributed by atoms with Gasteiger partial charge >= 0.3 is 0 Å². The Morgan fingerprint density at radius 1 is 1.21 bits per heavy atom. The number of amides is 1. The van der Waals surface area contributed by atoms with Crippen LogP contribution in [-0.2, 0) is 17.8 Å². The van der Waals surface area contributed by atoms with Gasteiger partial charge in [-0.1, -0.05) is 12.1 Å². The second kappa shape index (κ2) is 7.30. The third kappa shape index (κ3) is 4.12. The molecule has 2 aromatic rings. The lowest BCUT2D eigenvalue weighted by atomic mass is 9.99. The van der Waals surface area contributed by atoms with E-state index in [1.807, 2.05) is 4.90 Å². The highest BCUT2D eigenvalue weighted by atomic mass is 79.9. The largest absolute Gasteiger partial charge is 0.341 e. The Balaban J connectivity index is 1.58. The molecule has 0 bridgehead atoms. The molecule has 1 aliphatic rings. The van der Waals surface area contributed by atoms with Gasteiger partial charge in [0.15, 0.2) is 0 Å². The van der Waals surface area contributed by atoms with Crippen molar-refractivity contribution in [3.05, 3.63) is 68.8 Å². The van der Waals surface area contributed by atoms with Crippen LogP contribution in [0.4, 0.5) is 4.39 Å². The maximum absolute atomic E-state index is 13.0. The van der Waals surface area contributed by atoms with E-state index in [2.05, 4.69) is 15.9 Å². The summed E-state index contributed by atoms with van der Waals surface area (Å²) in [5.74, 6) is 0.0943. The number of rotatable bonds is 4. The van der Waals surface area contributed by atoms with Crippen molar-refractivity contribution < 1.29 is 9.18 Å². The predicted molar refractivity (Wildman–Crippen MR) is 93.2 cm³/mol. The number of hydrogen-bond acceptors (Lipinski definition) is 2. The number of halogens is 2. The van der Waals surface area contributed by atoms with Gasteiger partial charge in [-0.05, 0) is 58.5 Å². The van der Waals surface area contributed by atoms with Crippen LogP contribution >= 0.6 is 15.9 Å². The van der Waals surface area contributed by atoms with Gasteiger partial charge in [-0.25, -0.2) is 4.39 Å². The minimum atomic E-state index is -0.235. The molecule has 1 fully saturated rings. The lowest BCUT2D eigenvalue weighted by Crippen LogP contribution is -2.34. The third-order valence-corrected chi connectivity index (χ3v) is 4.80. The Bertz CT molecular complexity index is 788. The summed E-state index contributed by atoms with van der Waals surface area (Å²) < 4.78 is 15.1. The topological polar surface area (TPSA) is 42.3 Å². The highest BCUT2D eigenvalue weighted by molar-refractivity contribution is 9.10. The van der Waals surface area contributed by atoms with Crippen LogP contribution in [0.2, 0.25) is 0 Å². The number of carbonyl (C=O) groups is 1. The maximum Gasteiger partial charge on any atom is 0.251 e. The summed E-state index contributed by atoms with van der Waals surface area (Å²) in [6.45, 7) is 1.44. The SMILES string of the molecule is O=C(Cn1cc(Br)ccc1=O)N1CCC(Cc2ccc(F)cc2)C1. The number of pyridine rings is 1. The zero-order valence-electron chi connectivity index (χ0n) is 13.1. The van der Waals surface area contributed by atoms with E-state index in [1.165, 1.54) is 22.8 Å². The Morgan fingerprint density at radius 2 is 1.96 bits per heavy atom. The molecule has 126 valence electrons. The van der Waals surface area contributed by atoms with E-state index in [9.17, 15) is 14.0 Å². The van der Waals surface area contributed by atoms with Gasteiger partial charge in [0.2, 0.25) is 5.91 Å². The smallest absolute Gasteiger partial charge is 0.251 e. The molecule has 0 N–H and O–H groups in total. The van der Waals surface area contributed by atoms with Crippen molar-refractivity contribution >= 4 is 21.8 Å². The van der Waals surface area contributed by atoms with E-state index < -0.39 is 0 Å². The van der Waals surface area contributed by atoms with Crippen molar-refractivity contribution in [3.63, 3.8) is 0 Å². The molecule has 1 amide bonds. The normalized spacial score (nSPS) is 17.2. The number of aromatic nitrogens is 1. The van der Waals surface area contributed by atoms with Crippen molar-refractivity contribution in [2.45, 2.75) is 19.4 Å². The van der Waals surface area contributed by atoms with Crippen LogP contribution in [0, 0.1) is 11.7 Å². The second-order valence-corrected chi connectivity index (χ2v) is 7.05. The third-order valence-electron chi connectivity index (χ3n) is 4.33. The van der Waals surface area contributed by atoms with Gasteiger partial charge in [0.25, 0.3) is 5.56 Å². The van der Waals surface area contributed by atoms with Crippen LogP contribution in [0.5, 0.6) is 0 Å². The summed E-state index contributed by atoms with van der Waals surface area (Å²) in [5, 5.41) is 0. The summed E-state index contributed by atoms with van der Waals surface area (Å²) >= 11 is 3.31. The van der Waals surface area contributed by atoms with Crippen molar-refractivity contribution in [1.29, 1.82) is 0 Å². The summed E-state index contributed by atoms with van der Waals surface area (Å²) in [7, 11) is 0. The second-order valence-electron chi connectivity index (χ2n) is 6.14. The Morgan fingerprint density at radius 3 is 2.71 bits per heavy atom. The van der Waals surface area contributed by atoms with Crippen LogP contribution in [0.1, 0.15) is 12.0 Å². The van der Waals surface area contributed by atoms with E-state index in [0.717, 1.165) is 22.9 Å². The van der Waals surface area contributed by atoms with Crippen molar-refractivity contribution in [3.8, 4) is 0 Å². The predicted octanol–water partition coefficient (Wildman–Crippen LogP) is 2.84. The van der Waals surface area contributed by atoms with Gasteiger partial charge in [-0.15, -0.1) is 0 Å². The van der Waals surface area contributed by atoms with E-state index in [1.54, 1.807) is 24.4 Å². The molecule has 4 nitrogen and oxygen atoms in total. The summed E-state index contributed by atoms with van der Waals surface area (Å²) in [4.78, 5) is 26.0. The lowest BCUT2D eigenvalue weighted by molar-refractivity contribution is -0.130. The van der Waals surface area contributed by atoms with Gasteiger partial charge < -0.3 is 9.47 Å². The zero-order valence-corrected chi connectivity index (χ0v) is 14.7. The fraction of sp³-hybridized carbons (Fsp3) is 0.333. The molecule has 1 aliphatic heterocycles. The Kier molecular flexibility index (Phi) is 5.14. The molecule has 3 rings (SSSR count). The molecule has 1 saturated heterocycles. The molecule has 0 aliphatic carbocycles. The number of benzene rings is 1. The van der Waals surface area contributed by atoms with Crippen LogP contribution in [0.15, 0.2) is 51.9 Å². The van der Waals surface area contributed by atoms with Gasteiger partial charge in [-0.2, -0.15) is 0 Å². The molecular formula is C18H18BrFN2O2. The monoisotopic (exact) mass is 392 g/mol. The number of carbonyl (C=O) groups excluding carboxylic acids is 1. The zero-order chi connectivity index (χ0) is 17.1. The molecule has 1 aromatic heterocycles. The molecule has 1 atom stereocenters. The van der Waals surface area contributed by atoms with Crippen LogP contribution < -0.4 is 5.56 Å². The molecule has 2 heterocycles. The molecule has 1 unspecified atom stereocenters. The number of likely N-dealkylation sites (tertiary alicyclic amines) is 1. The van der Waals surface area contributed by atoms with E-state index in [-0.39, 0.29) is 23.8 Å². The maximum atomic E-state index is 13.0. The molecule has 0 radical (unpaired) electrons.